The van der Waals surface area contributed by atoms with Crippen LogP contribution in [0.15, 0.2) is 18.2 Å². The van der Waals surface area contributed by atoms with E-state index >= 15 is 0 Å². The van der Waals surface area contributed by atoms with Crippen molar-refractivity contribution >= 4 is 0 Å². The van der Waals surface area contributed by atoms with Crippen molar-refractivity contribution in [1.82, 2.24) is 5.32 Å². The lowest BCUT2D eigenvalue weighted by Gasteiger charge is -2.28. The second-order valence-corrected chi connectivity index (χ2v) is 6.39. The molecule has 0 aromatic heterocycles. The van der Waals surface area contributed by atoms with Crippen molar-refractivity contribution in [2.24, 2.45) is 0 Å². The van der Waals surface area contributed by atoms with Crippen molar-refractivity contribution in [3.8, 4) is 0 Å². The fraction of sp³-hybridized carbons (Fsp3) is 0.600. The van der Waals surface area contributed by atoms with E-state index in [9.17, 15) is 22.7 Å². The Balaban J connectivity index is 2.93. The first-order valence-corrected chi connectivity index (χ1v) is 6.67. The molecule has 1 aromatic carbocycles. The van der Waals surface area contributed by atoms with E-state index in [0.717, 1.165) is 6.07 Å². The van der Waals surface area contributed by atoms with Gasteiger partial charge in [-0.05, 0) is 58.4 Å². The minimum atomic E-state index is -4.78. The normalized spacial score (nSPS) is 15.9. The van der Waals surface area contributed by atoms with Gasteiger partial charge in [0.2, 0.25) is 0 Å². The Labute approximate surface area is 122 Å². The van der Waals surface area contributed by atoms with Crippen molar-refractivity contribution in [2.75, 3.05) is 6.54 Å². The topological polar surface area (TPSA) is 32.3 Å². The van der Waals surface area contributed by atoms with Gasteiger partial charge in [0.15, 0.2) is 0 Å². The molecular weight excluding hydrogens is 286 g/mol. The number of rotatable bonds is 4. The summed E-state index contributed by atoms with van der Waals surface area (Å²) in [5.41, 5.74) is -2.93. The maximum Gasteiger partial charge on any atom is 0.419 e. The first-order chi connectivity index (χ1) is 9.33. The average molecular weight is 307 g/mol. The van der Waals surface area contributed by atoms with E-state index < -0.39 is 23.2 Å². The molecule has 0 spiro atoms. The van der Waals surface area contributed by atoms with Gasteiger partial charge in [0, 0.05) is 5.54 Å². The van der Waals surface area contributed by atoms with E-state index in [1.807, 2.05) is 20.8 Å². The Morgan fingerprint density at radius 1 is 1.10 bits per heavy atom. The third-order valence-electron chi connectivity index (χ3n) is 3.16. The van der Waals surface area contributed by atoms with E-state index in [4.69, 9.17) is 0 Å². The van der Waals surface area contributed by atoms with Crippen LogP contribution in [0.1, 0.15) is 45.2 Å². The highest BCUT2D eigenvalue weighted by Gasteiger charge is 2.36. The number of hydrogen-bond acceptors (Lipinski definition) is 2. The molecule has 0 radical (unpaired) electrons. The molecule has 0 amide bonds. The summed E-state index contributed by atoms with van der Waals surface area (Å²) in [5, 5.41) is 13.5. The molecule has 1 rings (SSSR count). The lowest BCUT2D eigenvalue weighted by atomic mass is 9.90. The molecular formula is C15H21F4NO. The van der Waals surface area contributed by atoms with Crippen LogP contribution in [0.3, 0.4) is 0 Å². The highest BCUT2D eigenvalue weighted by Crippen LogP contribution is 2.34. The Morgan fingerprint density at radius 3 is 2.14 bits per heavy atom. The van der Waals surface area contributed by atoms with E-state index in [-0.39, 0.29) is 17.5 Å². The van der Waals surface area contributed by atoms with Crippen LogP contribution in [0.25, 0.3) is 0 Å². The van der Waals surface area contributed by atoms with Crippen LogP contribution in [0.4, 0.5) is 17.6 Å². The predicted octanol–water partition coefficient (Wildman–Crippen LogP) is 3.83. The largest absolute Gasteiger partial charge is 0.419 e. The third-order valence-corrected chi connectivity index (χ3v) is 3.16. The van der Waals surface area contributed by atoms with Crippen LogP contribution >= 0.6 is 0 Å². The molecule has 0 aliphatic rings. The molecule has 0 bridgehead atoms. The fourth-order valence-corrected chi connectivity index (χ4v) is 1.90. The number of halogens is 4. The van der Waals surface area contributed by atoms with Crippen molar-refractivity contribution in [3.63, 3.8) is 0 Å². The van der Waals surface area contributed by atoms with Gasteiger partial charge >= 0.3 is 6.18 Å². The quantitative estimate of drug-likeness (QED) is 0.829. The third kappa shape index (κ3) is 5.28. The van der Waals surface area contributed by atoms with E-state index in [2.05, 4.69) is 5.32 Å². The maximum atomic E-state index is 13.2. The monoisotopic (exact) mass is 307 g/mol. The highest BCUT2D eigenvalue weighted by molar-refractivity contribution is 5.31. The SMILES string of the molecule is CC(C)(C)NCCC(C)(O)c1ccc(F)c(C(F)(F)F)c1. The number of alkyl halides is 3. The summed E-state index contributed by atoms with van der Waals surface area (Å²) < 4.78 is 51.3. The molecule has 0 aliphatic carbocycles. The molecule has 2 N–H and O–H groups in total. The second-order valence-electron chi connectivity index (χ2n) is 6.39. The van der Waals surface area contributed by atoms with Gasteiger partial charge in [-0.2, -0.15) is 13.2 Å². The number of hydrogen-bond donors (Lipinski definition) is 2. The first kappa shape index (κ1) is 17.9. The minimum Gasteiger partial charge on any atom is -0.385 e. The second kappa shape index (κ2) is 5.93. The van der Waals surface area contributed by atoms with E-state index in [0.29, 0.717) is 12.6 Å². The standard InChI is InChI=1S/C15H21F4NO/c1-13(2,3)20-8-7-14(4,21)10-5-6-12(16)11(9-10)15(17,18)19/h5-6,9,20-21H,7-8H2,1-4H3. The van der Waals surface area contributed by atoms with Crippen LogP contribution in [0, 0.1) is 5.82 Å². The maximum absolute atomic E-state index is 13.2. The number of aliphatic hydroxyl groups is 1. The van der Waals surface area contributed by atoms with Gasteiger partial charge < -0.3 is 10.4 Å². The van der Waals surface area contributed by atoms with Crippen LogP contribution in [-0.4, -0.2) is 17.2 Å². The van der Waals surface area contributed by atoms with Gasteiger partial charge in [-0.25, -0.2) is 4.39 Å². The van der Waals surface area contributed by atoms with Gasteiger partial charge in [0.25, 0.3) is 0 Å². The first-order valence-electron chi connectivity index (χ1n) is 6.67. The summed E-state index contributed by atoms with van der Waals surface area (Å²) in [7, 11) is 0. The fourth-order valence-electron chi connectivity index (χ4n) is 1.90. The summed E-state index contributed by atoms with van der Waals surface area (Å²) in [6, 6.07) is 2.60. The summed E-state index contributed by atoms with van der Waals surface area (Å²) in [6.45, 7) is 7.68. The predicted molar refractivity (Wildman–Crippen MR) is 73.3 cm³/mol. The molecule has 1 unspecified atom stereocenters. The van der Waals surface area contributed by atoms with Crippen LogP contribution < -0.4 is 5.32 Å². The molecule has 1 aromatic rings. The molecule has 6 heteroatoms. The average Bonchev–Trinajstić information content (AvgIpc) is 2.25. The van der Waals surface area contributed by atoms with Crippen molar-refractivity contribution < 1.29 is 22.7 Å². The smallest absolute Gasteiger partial charge is 0.385 e. The summed E-state index contributed by atoms with van der Waals surface area (Å²) in [6.07, 6.45) is -4.56. The Kier molecular flexibility index (Phi) is 5.05. The Hall–Kier alpha value is -1.14. The number of benzene rings is 1. The summed E-state index contributed by atoms with van der Waals surface area (Å²) in [5.74, 6) is -1.34. The zero-order valence-corrected chi connectivity index (χ0v) is 12.6. The molecule has 0 aliphatic heterocycles. The van der Waals surface area contributed by atoms with Gasteiger partial charge in [-0.15, -0.1) is 0 Å². The van der Waals surface area contributed by atoms with Gasteiger partial charge in [-0.3, -0.25) is 0 Å². The molecule has 2 nitrogen and oxygen atoms in total. The Bertz CT molecular complexity index is 489. The Morgan fingerprint density at radius 2 is 1.67 bits per heavy atom. The zero-order chi connectivity index (χ0) is 16.5. The van der Waals surface area contributed by atoms with Crippen molar-refractivity contribution in [2.45, 2.75) is 51.4 Å². The van der Waals surface area contributed by atoms with Crippen molar-refractivity contribution in [3.05, 3.63) is 35.1 Å². The lowest BCUT2D eigenvalue weighted by Crippen LogP contribution is -2.39. The van der Waals surface area contributed by atoms with Gasteiger partial charge in [0.05, 0.1) is 11.2 Å². The van der Waals surface area contributed by atoms with Crippen LogP contribution in [0.5, 0.6) is 0 Å². The molecule has 1 atom stereocenters. The van der Waals surface area contributed by atoms with Crippen LogP contribution in [-0.2, 0) is 11.8 Å². The summed E-state index contributed by atoms with van der Waals surface area (Å²) in [4.78, 5) is 0. The van der Waals surface area contributed by atoms with Crippen molar-refractivity contribution in [1.29, 1.82) is 0 Å². The molecule has 0 saturated carbocycles. The minimum absolute atomic E-state index is 0.0481. The van der Waals surface area contributed by atoms with Gasteiger partial charge in [-0.1, -0.05) is 6.07 Å². The molecule has 120 valence electrons. The molecule has 0 fully saturated rings. The highest BCUT2D eigenvalue weighted by atomic mass is 19.4. The van der Waals surface area contributed by atoms with E-state index in [1.165, 1.54) is 13.0 Å². The number of nitrogens with one attached hydrogen (secondary N) is 1. The molecule has 0 heterocycles. The van der Waals surface area contributed by atoms with E-state index in [1.54, 1.807) is 0 Å². The van der Waals surface area contributed by atoms with Crippen LogP contribution in [0.2, 0.25) is 0 Å². The lowest BCUT2D eigenvalue weighted by molar-refractivity contribution is -0.140. The van der Waals surface area contributed by atoms with Gasteiger partial charge in [0.1, 0.15) is 5.82 Å². The summed E-state index contributed by atoms with van der Waals surface area (Å²) >= 11 is 0. The molecule has 21 heavy (non-hydrogen) atoms. The molecule has 0 saturated heterocycles. The zero-order valence-electron chi connectivity index (χ0n) is 12.6.